The zero-order chi connectivity index (χ0) is 13.4. The van der Waals surface area contributed by atoms with Gasteiger partial charge in [0.15, 0.2) is 0 Å². The van der Waals surface area contributed by atoms with Crippen molar-refractivity contribution >= 4 is 17.5 Å². The van der Waals surface area contributed by atoms with Crippen molar-refractivity contribution in [3.05, 3.63) is 11.9 Å². The fourth-order valence-corrected chi connectivity index (χ4v) is 1.46. The topological polar surface area (TPSA) is 78.9 Å². The van der Waals surface area contributed by atoms with E-state index in [1.54, 1.807) is 0 Å². The summed E-state index contributed by atoms with van der Waals surface area (Å²) in [6, 6.07) is 1.83. The normalized spacial score (nSPS) is 9.94. The van der Waals surface area contributed by atoms with Crippen LogP contribution in [0.25, 0.3) is 0 Å². The molecule has 1 amide bonds. The summed E-state index contributed by atoms with van der Waals surface area (Å²) in [6.07, 6.45) is 1.22. The molecule has 0 aliphatic rings. The van der Waals surface area contributed by atoms with E-state index in [0.29, 0.717) is 19.5 Å². The van der Waals surface area contributed by atoms with Crippen molar-refractivity contribution in [3.63, 3.8) is 0 Å². The van der Waals surface area contributed by atoms with E-state index in [-0.39, 0.29) is 5.91 Å². The van der Waals surface area contributed by atoms with Crippen molar-refractivity contribution in [1.82, 2.24) is 15.3 Å². The third kappa shape index (κ3) is 4.57. The van der Waals surface area contributed by atoms with Gasteiger partial charge in [-0.25, -0.2) is 9.97 Å². The molecule has 0 unspecified atom stereocenters. The summed E-state index contributed by atoms with van der Waals surface area (Å²) < 4.78 is 0. The Morgan fingerprint density at radius 3 is 2.61 bits per heavy atom. The summed E-state index contributed by atoms with van der Waals surface area (Å²) in [7, 11) is 1.82. The van der Waals surface area contributed by atoms with Gasteiger partial charge in [0.1, 0.15) is 17.5 Å². The van der Waals surface area contributed by atoms with Crippen molar-refractivity contribution < 1.29 is 4.79 Å². The molecule has 0 aromatic carbocycles. The van der Waals surface area contributed by atoms with Crippen LogP contribution in [-0.4, -0.2) is 36.0 Å². The highest BCUT2D eigenvalue weighted by molar-refractivity contribution is 5.76. The van der Waals surface area contributed by atoms with E-state index in [1.807, 2.05) is 27.0 Å². The predicted octanol–water partition coefficient (Wildman–Crippen LogP) is 1.02. The predicted molar refractivity (Wildman–Crippen MR) is 72.7 cm³/mol. The number of rotatable bonds is 7. The molecule has 0 aliphatic heterocycles. The maximum Gasteiger partial charge on any atom is 0.221 e. The lowest BCUT2D eigenvalue weighted by Gasteiger charge is -2.09. The average Bonchev–Trinajstić information content (AvgIpc) is 2.38. The highest BCUT2D eigenvalue weighted by atomic mass is 16.1. The lowest BCUT2D eigenvalue weighted by molar-refractivity contribution is -0.120. The SMILES string of the molecule is CCNC(=O)CCNc1cc(NC)nc(CC)n1. The molecule has 6 nitrogen and oxygen atoms in total. The summed E-state index contributed by atoms with van der Waals surface area (Å²) in [5.74, 6) is 2.35. The van der Waals surface area contributed by atoms with Gasteiger partial charge in [-0.1, -0.05) is 6.92 Å². The monoisotopic (exact) mass is 251 g/mol. The zero-order valence-corrected chi connectivity index (χ0v) is 11.2. The number of carbonyl (C=O) groups is 1. The molecule has 0 saturated carbocycles. The molecule has 6 heteroatoms. The van der Waals surface area contributed by atoms with Crippen LogP contribution in [0.2, 0.25) is 0 Å². The van der Waals surface area contributed by atoms with E-state index in [0.717, 1.165) is 23.9 Å². The van der Waals surface area contributed by atoms with Gasteiger partial charge >= 0.3 is 0 Å². The molecule has 0 spiro atoms. The molecule has 0 radical (unpaired) electrons. The van der Waals surface area contributed by atoms with Gasteiger partial charge in [-0.05, 0) is 6.92 Å². The van der Waals surface area contributed by atoms with Crippen molar-refractivity contribution in [1.29, 1.82) is 0 Å². The van der Waals surface area contributed by atoms with Gasteiger partial charge in [-0.3, -0.25) is 4.79 Å². The lowest BCUT2D eigenvalue weighted by atomic mass is 10.3. The molecule has 0 saturated heterocycles. The summed E-state index contributed by atoms with van der Waals surface area (Å²) in [6.45, 7) is 5.14. The largest absolute Gasteiger partial charge is 0.373 e. The molecule has 1 aromatic rings. The number of anilines is 2. The van der Waals surface area contributed by atoms with Crippen molar-refractivity contribution in [3.8, 4) is 0 Å². The second-order valence-corrected chi connectivity index (χ2v) is 3.79. The van der Waals surface area contributed by atoms with Gasteiger partial charge in [0.05, 0.1) is 0 Å². The van der Waals surface area contributed by atoms with Crippen LogP contribution >= 0.6 is 0 Å². The molecule has 0 fully saturated rings. The van der Waals surface area contributed by atoms with Crippen molar-refractivity contribution in [2.75, 3.05) is 30.8 Å². The smallest absolute Gasteiger partial charge is 0.221 e. The molecule has 0 bridgehead atoms. The van der Waals surface area contributed by atoms with E-state index < -0.39 is 0 Å². The standard InChI is InChI=1S/C12H21N5O/c1-4-9-16-10(13-3)8-11(17-9)15-7-6-12(18)14-5-2/h8H,4-7H2,1-3H3,(H,14,18)(H2,13,15,16,17). The van der Waals surface area contributed by atoms with E-state index in [2.05, 4.69) is 25.9 Å². The Labute approximate surface area is 108 Å². The van der Waals surface area contributed by atoms with Crippen molar-refractivity contribution in [2.24, 2.45) is 0 Å². The first-order valence-electron chi connectivity index (χ1n) is 6.25. The first-order valence-corrected chi connectivity index (χ1v) is 6.25. The number of hydrogen-bond donors (Lipinski definition) is 3. The Hall–Kier alpha value is -1.85. The fraction of sp³-hybridized carbons (Fsp3) is 0.583. The maximum atomic E-state index is 11.3. The minimum absolute atomic E-state index is 0.0450. The van der Waals surface area contributed by atoms with Crippen LogP contribution in [0.15, 0.2) is 6.07 Å². The quantitative estimate of drug-likeness (QED) is 0.674. The molecule has 18 heavy (non-hydrogen) atoms. The van der Waals surface area contributed by atoms with Gasteiger partial charge in [0.25, 0.3) is 0 Å². The molecule has 3 N–H and O–H groups in total. The van der Waals surface area contributed by atoms with Gasteiger partial charge < -0.3 is 16.0 Å². The van der Waals surface area contributed by atoms with Crippen LogP contribution < -0.4 is 16.0 Å². The Balaban J connectivity index is 2.53. The highest BCUT2D eigenvalue weighted by Gasteiger charge is 2.03. The zero-order valence-electron chi connectivity index (χ0n) is 11.2. The second-order valence-electron chi connectivity index (χ2n) is 3.79. The van der Waals surface area contributed by atoms with Gasteiger partial charge in [-0.2, -0.15) is 0 Å². The van der Waals surface area contributed by atoms with E-state index >= 15 is 0 Å². The summed E-state index contributed by atoms with van der Waals surface area (Å²) in [5.41, 5.74) is 0. The van der Waals surface area contributed by atoms with E-state index in [9.17, 15) is 4.79 Å². The number of aryl methyl sites for hydroxylation is 1. The number of carbonyl (C=O) groups excluding carboxylic acids is 1. The molecule has 1 heterocycles. The van der Waals surface area contributed by atoms with Crippen LogP contribution in [-0.2, 0) is 11.2 Å². The van der Waals surface area contributed by atoms with Crippen molar-refractivity contribution in [2.45, 2.75) is 26.7 Å². The minimum atomic E-state index is 0.0450. The number of nitrogens with zero attached hydrogens (tertiary/aromatic N) is 2. The Morgan fingerprint density at radius 2 is 2.00 bits per heavy atom. The van der Waals surface area contributed by atoms with Crippen LogP contribution in [0.5, 0.6) is 0 Å². The maximum absolute atomic E-state index is 11.3. The average molecular weight is 251 g/mol. The van der Waals surface area contributed by atoms with E-state index in [1.165, 1.54) is 0 Å². The number of aromatic nitrogens is 2. The molecule has 0 atom stereocenters. The minimum Gasteiger partial charge on any atom is -0.373 e. The van der Waals surface area contributed by atoms with Gasteiger partial charge in [0, 0.05) is 39.0 Å². The lowest BCUT2D eigenvalue weighted by Crippen LogP contribution is -2.24. The molecular formula is C12H21N5O. The number of hydrogen-bond acceptors (Lipinski definition) is 5. The Morgan fingerprint density at radius 1 is 1.28 bits per heavy atom. The molecule has 1 rings (SSSR count). The van der Waals surface area contributed by atoms with Crippen LogP contribution in [0.3, 0.4) is 0 Å². The van der Waals surface area contributed by atoms with Crippen LogP contribution in [0, 0.1) is 0 Å². The first-order chi connectivity index (χ1) is 8.69. The second kappa shape index (κ2) is 7.47. The molecular weight excluding hydrogens is 230 g/mol. The van der Waals surface area contributed by atoms with Gasteiger partial charge in [-0.15, -0.1) is 0 Å². The summed E-state index contributed by atoms with van der Waals surface area (Å²) in [4.78, 5) is 19.9. The van der Waals surface area contributed by atoms with E-state index in [4.69, 9.17) is 0 Å². The molecule has 1 aromatic heterocycles. The Bertz CT molecular complexity index is 372. The summed E-state index contributed by atoms with van der Waals surface area (Å²) in [5, 5.41) is 8.88. The molecule has 0 aliphatic carbocycles. The van der Waals surface area contributed by atoms with Gasteiger partial charge in [0.2, 0.25) is 5.91 Å². The first kappa shape index (κ1) is 14.2. The third-order valence-corrected chi connectivity index (χ3v) is 2.38. The number of nitrogens with one attached hydrogen (secondary N) is 3. The number of amides is 1. The third-order valence-electron chi connectivity index (χ3n) is 2.38. The van der Waals surface area contributed by atoms with Crippen LogP contribution in [0.4, 0.5) is 11.6 Å². The fourth-order valence-electron chi connectivity index (χ4n) is 1.46. The highest BCUT2D eigenvalue weighted by Crippen LogP contribution is 2.11. The van der Waals surface area contributed by atoms with Crippen LogP contribution in [0.1, 0.15) is 26.1 Å². The Kier molecular flexibility index (Phi) is 5.90. The summed E-state index contributed by atoms with van der Waals surface area (Å²) >= 11 is 0. The molecule has 100 valence electrons.